The average molecular weight is 229 g/mol. The molecule has 0 amide bonds. The van der Waals surface area contributed by atoms with Gasteiger partial charge in [0.25, 0.3) is 0 Å². The Hall–Kier alpha value is 0.300. The Kier molecular flexibility index (Phi) is 6.49. The lowest BCUT2D eigenvalue weighted by molar-refractivity contribution is -0.151. The van der Waals surface area contributed by atoms with Crippen LogP contribution in [-0.2, 0) is 9.53 Å². The highest BCUT2D eigenvalue weighted by Crippen LogP contribution is 2.06. The third-order valence-corrected chi connectivity index (χ3v) is 0.807. The van der Waals surface area contributed by atoms with Gasteiger partial charge in [-0.1, -0.05) is 0 Å². The van der Waals surface area contributed by atoms with Gasteiger partial charge in [-0.25, -0.2) is 0 Å². The van der Waals surface area contributed by atoms with E-state index in [1.165, 1.54) is 0 Å². The number of rotatable bonds is 1. The minimum atomic E-state index is -0.375. The number of ether oxygens (including phenoxy) is 1. The minimum Gasteiger partial charge on any atom is -0.459 e. The van der Waals surface area contributed by atoms with Gasteiger partial charge < -0.3 is 4.74 Å². The number of halogens is 1. The predicted octanol–water partition coefficient (Wildman–Crippen LogP) is 1.84. The topological polar surface area (TPSA) is 26.3 Å². The largest absolute Gasteiger partial charge is 0.459 e. The predicted molar refractivity (Wildman–Crippen MR) is 50.0 cm³/mol. The molecular formula is C6H13BrO2S. The molecule has 0 aromatic carbocycles. The maximum atomic E-state index is 10.5. The van der Waals surface area contributed by atoms with Crippen LogP contribution in [0.2, 0.25) is 0 Å². The number of hydrogen-bond acceptors (Lipinski definition) is 3. The molecule has 4 heteroatoms. The molecular weight excluding hydrogens is 216 g/mol. The van der Waals surface area contributed by atoms with Gasteiger partial charge in [-0.2, -0.15) is 12.6 Å². The normalized spacial score (nSPS) is 10.0. The van der Waals surface area contributed by atoms with E-state index in [4.69, 9.17) is 4.74 Å². The fourth-order valence-corrected chi connectivity index (χ4v) is 0.438. The Labute approximate surface area is 77.5 Å². The number of hydrogen-bond donors (Lipinski definition) is 1. The van der Waals surface area contributed by atoms with Crippen LogP contribution in [0.3, 0.4) is 0 Å². The number of thiol groups is 1. The van der Waals surface area contributed by atoms with Crippen molar-refractivity contribution in [1.82, 2.24) is 0 Å². The summed E-state index contributed by atoms with van der Waals surface area (Å²) in [5, 5.41) is 0. The van der Waals surface area contributed by atoms with Gasteiger partial charge in [0.2, 0.25) is 0 Å². The third kappa shape index (κ3) is 8.30. The molecule has 0 aliphatic heterocycles. The van der Waals surface area contributed by atoms with E-state index in [1.807, 2.05) is 20.8 Å². The van der Waals surface area contributed by atoms with Gasteiger partial charge in [0, 0.05) is 0 Å². The first-order chi connectivity index (χ1) is 3.95. The van der Waals surface area contributed by atoms with Gasteiger partial charge >= 0.3 is 5.97 Å². The van der Waals surface area contributed by atoms with Crippen molar-refractivity contribution in [1.29, 1.82) is 0 Å². The van der Waals surface area contributed by atoms with Crippen molar-refractivity contribution >= 4 is 35.6 Å². The van der Waals surface area contributed by atoms with Crippen LogP contribution < -0.4 is 0 Å². The monoisotopic (exact) mass is 228 g/mol. The van der Waals surface area contributed by atoms with Crippen LogP contribution >= 0.6 is 29.6 Å². The Morgan fingerprint density at radius 2 is 1.90 bits per heavy atom. The first-order valence-corrected chi connectivity index (χ1v) is 3.41. The van der Waals surface area contributed by atoms with Crippen LogP contribution in [0.4, 0.5) is 0 Å². The molecule has 0 fully saturated rings. The summed E-state index contributed by atoms with van der Waals surface area (Å²) in [6.07, 6.45) is 0. The molecule has 0 saturated carbocycles. The lowest BCUT2D eigenvalue weighted by atomic mass is 10.2. The summed E-state index contributed by atoms with van der Waals surface area (Å²) in [6.45, 7) is 5.48. The molecule has 62 valence electrons. The summed E-state index contributed by atoms with van der Waals surface area (Å²) in [4.78, 5) is 10.5. The van der Waals surface area contributed by atoms with Gasteiger partial charge in [-0.3, -0.25) is 4.79 Å². The van der Waals surface area contributed by atoms with E-state index in [-0.39, 0.29) is 34.3 Å². The highest BCUT2D eigenvalue weighted by atomic mass is 79.9. The van der Waals surface area contributed by atoms with Crippen LogP contribution in [-0.4, -0.2) is 17.3 Å². The molecule has 2 nitrogen and oxygen atoms in total. The van der Waals surface area contributed by atoms with Gasteiger partial charge in [0.05, 0.1) is 5.75 Å². The summed E-state index contributed by atoms with van der Waals surface area (Å²) in [5.74, 6) is -0.122. The molecule has 0 aromatic rings. The van der Waals surface area contributed by atoms with Crippen LogP contribution in [0.5, 0.6) is 0 Å². The number of carbonyl (C=O) groups excluding carboxylic acids is 1. The Bertz CT molecular complexity index is 109. The molecule has 0 radical (unpaired) electrons. The molecule has 0 aromatic heterocycles. The summed E-state index contributed by atoms with van der Waals surface area (Å²) in [7, 11) is 0. The summed E-state index contributed by atoms with van der Waals surface area (Å²) < 4.78 is 4.87. The van der Waals surface area contributed by atoms with Crippen molar-refractivity contribution in [3.8, 4) is 0 Å². The smallest absolute Gasteiger partial charge is 0.316 e. The van der Waals surface area contributed by atoms with Crippen molar-refractivity contribution in [2.75, 3.05) is 5.75 Å². The van der Waals surface area contributed by atoms with Crippen molar-refractivity contribution in [3.63, 3.8) is 0 Å². The molecule has 0 spiro atoms. The summed E-state index contributed by atoms with van der Waals surface area (Å²) in [6, 6.07) is 0. The summed E-state index contributed by atoms with van der Waals surface area (Å²) in [5.41, 5.74) is -0.375. The zero-order valence-corrected chi connectivity index (χ0v) is 8.99. The number of esters is 1. The molecule has 0 N–H and O–H groups in total. The van der Waals surface area contributed by atoms with Gasteiger partial charge in [-0.05, 0) is 20.8 Å². The lowest BCUT2D eigenvalue weighted by Gasteiger charge is -2.18. The molecule has 0 atom stereocenters. The zero-order chi connectivity index (χ0) is 7.49. The molecule has 0 heterocycles. The van der Waals surface area contributed by atoms with E-state index >= 15 is 0 Å². The second kappa shape index (κ2) is 5.02. The fraction of sp³-hybridized carbons (Fsp3) is 0.833. The maximum Gasteiger partial charge on any atom is 0.316 e. The third-order valence-electron chi connectivity index (χ3n) is 0.549. The fourth-order valence-electron chi connectivity index (χ4n) is 0.374. The van der Waals surface area contributed by atoms with E-state index < -0.39 is 0 Å². The van der Waals surface area contributed by atoms with Crippen molar-refractivity contribution in [2.24, 2.45) is 0 Å². The maximum absolute atomic E-state index is 10.5. The van der Waals surface area contributed by atoms with E-state index in [1.54, 1.807) is 0 Å². The zero-order valence-electron chi connectivity index (χ0n) is 6.38. The molecule has 0 aliphatic carbocycles. The van der Waals surface area contributed by atoms with Crippen LogP contribution in [0, 0.1) is 0 Å². The molecule has 0 rings (SSSR count). The average Bonchev–Trinajstić information content (AvgIpc) is 1.62. The molecule has 10 heavy (non-hydrogen) atoms. The molecule has 0 unspecified atom stereocenters. The highest BCUT2D eigenvalue weighted by Gasteiger charge is 2.14. The quantitative estimate of drug-likeness (QED) is 0.548. The molecule has 0 aliphatic rings. The minimum absolute atomic E-state index is 0. The first-order valence-electron chi connectivity index (χ1n) is 2.78. The van der Waals surface area contributed by atoms with E-state index in [9.17, 15) is 4.79 Å². The van der Waals surface area contributed by atoms with Gasteiger partial charge in [0.15, 0.2) is 0 Å². The first kappa shape index (κ1) is 12.9. The Morgan fingerprint density at radius 1 is 1.50 bits per heavy atom. The van der Waals surface area contributed by atoms with E-state index in [0.29, 0.717) is 0 Å². The van der Waals surface area contributed by atoms with E-state index in [2.05, 4.69) is 12.6 Å². The number of carbonyl (C=O) groups is 1. The summed E-state index contributed by atoms with van der Waals surface area (Å²) >= 11 is 3.75. The highest BCUT2D eigenvalue weighted by molar-refractivity contribution is 8.93. The van der Waals surface area contributed by atoms with Crippen molar-refractivity contribution < 1.29 is 9.53 Å². The SMILES string of the molecule is Br.CC(C)(C)OC(=O)CS. The van der Waals surface area contributed by atoms with Crippen LogP contribution in [0.15, 0.2) is 0 Å². The van der Waals surface area contributed by atoms with Crippen LogP contribution in [0.1, 0.15) is 20.8 Å². The van der Waals surface area contributed by atoms with E-state index in [0.717, 1.165) is 0 Å². The second-order valence-electron chi connectivity index (χ2n) is 2.74. The van der Waals surface area contributed by atoms with Crippen LogP contribution in [0.25, 0.3) is 0 Å². The lowest BCUT2D eigenvalue weighted by Crippen LogP contribution is -2.24. The van der Waals surface area contributed by atoms with Crippen molar-refractivity contribution in [2.45, 2.75) is 26.4 Å². The second-order valence-corrected chi connectivity index (χ2v) is 3.06. The Morgan fingerprint density at radius 3 is 2.00 bits per heavy atom. The molecule has 0 saturated heterocycles. The molecule has 0 bridgehead atoms. The van der Waals surface area contributed by atoms with Crippen molar-refractivity contribution in [3.05, 3.63) is 0 Å². The van der Waals surface area contributed by atoms with Gasteiger partial charge in [0.1, 0.15) is 5.60 Å². The van der Waals surface area contributed by atoms with Gasteiger partial charge in [-0.15, -0.1) is 17.0 Å². The Balaban J connectivity index is 0. The standard InChI is InChI=1S/C6H12O2S.BrH/c1-6(2,3)8-5(7)4-9;/h9H,4H2,1-3H3;1H.